The number of carbonyl (C=O) groups is 1. The van der Waals surface area contributed by atoms with Crippen LogP contribution in [0.15, 0.2) is 46.0 Å². The van der Waals surface area contributed by atoms with Gasteiger partial charge in [-0.25, -0.2) is 0 Å². The number of amides is 1. The molecular formula is C23H30N4O4. The molecule has 0 saturated carbocycles. The van der Waals surface area contributed by atoms with E-state index in [0.717, 1.165) is 55.3 Å². The largest absolute Gasteiger partial charge is 0.490 e. The van der Waals surface area contributed by atoms with E-state index < -0.39 is 0 Å². The van der Waals surface area contributed by atoms with Crippen molar-refractivity contribution in [3.05, 3.63) is 42.4 Å². The van der Waals surface area contributed by atoms with Crippen LogP contribution in [0.25, 0.3) is 0 Å². The topological polar surface area (TPSA) is 88.3 Å². The second kappa shape index (κ2) is 10.7. The highest BCUT2D eigenvalue weighted by Crippen LogP contribution is 2.32. The lowest BCUT2D eigenvalue weighted by molar-refractivity contribution is -0.129. The smallest absolute Gasteiger partial charge is 0.224 e. The fraction of sp³-hybridized carbons (Fsp3) is 0.478. The first-order valence-corrected chi connectivity index (χ1v) is 11.0. The van der Waals surface area contributed by atoms with E-state index in [-0.39, 0.29) is 5.91 Å². The number of benzene rings is 1. The second-order valence-corrected chi connectivity index (χ2v) is 7.66. The van der Waals surface area contributed by atoms with Crippen LogP contribution >= 0.6 is 0 Å². The number of aliphatic imine (C=N–C) groups is 1. The SMILES string of the molecule is O=C(CCNC(=NCCc1ccco1)Nc1ccc2c(c1)OCCCO2)N1CCCC1. The lowest BCUT2D eigenvalue weighted by atomic mass is 10.2. The number of nitrogens with one attached hydrogen (secondary N) is 2. The van der Waals surface area contributed by atoms with Crippen LogP contribution in [0.1, 0.15) is 31.4 Å². The Morgan fingerprint density at radius 2 is 1.90 bits per heavy atom. The van der Waals surface area contributed by atoms with Crippen molar-refractivity contribution in [2.75, 3.05) is 44.7 Å². The highest BCUT2D eigenvalue weighted by Gasteiger charge is 2.17. The van der Waals surface area contributed by atoms with Crippen molar-refractivity contribution in [3.63, 3.8) is 0 Å². The Hall–Kier alpha value is -3.16. The first kappa shape index (κ1) is 21.1. The maximum absolute atomic E-state index is 12.3. The molecule has 2 aromatic rings. The van der Waals surface area contributed by atoms with Gasteiger partial charge in [0.05, 0.1) is 19.5 Å². The van der Waals surface area contributed by atoms with Gasteiger partial charge >= 0.3 is 0 Å². The van der Waals surface area contributed by atoms with E-state index in [2.05, 4.69) is 15.6 Å². The van der Waals surface area contributed by atoms with Gasteiger partial charge in [0.15, 0.2) is 17.5 Å². The van der Waals surface area contributed by atoms with Crippen molar-refractivity contribution in [2.45, 2.75) is 32.1 Å². The van der Waals surface area contributed by atoms with E-state index in [9.17, 15) is 4.79 Å². The Kier molecular flexibility index (Phi) is 7.31. The highest BCUT2D eigenvalue weighted by molar-refractivity contribution is 5.94. The van der Waals surface area contributed by atoms with Crippen molar-refractivity contribution in [3.8, 4) is 11.5 Å². The molecule has 8 nitrogen and oxygen atoms in total. The fourth-order valence-corrected chi connectivity index (χ4v) is 3.66. The molecule has 0 bridgehead atoms. The molecule has 0 atom stereocenters. The van der Waals surface area contributed by atoms with Crippen molar-refractivity contribution >= 4 is 17.6 Å². The van der Waals surface area contributed by atoms with E-state index >= 15 is 0 Å². The van der Waals surface area contributed by atoms with Gasteiger partial charge in [0.2, 0.25) is 5.91 Å². The molecular weight excluding hydrogens is 396 g/mol. The second-order valence-electron chi connectivity index (χ2n) is 7.66. The lowest BCUT2D eigenvalue weighted by Crippen LogP contribution is -2.35. The van der Waals surface area contributed by atoms with Crippen molar-refractivity contribution in [1.82, 2.24) is 10.2 Å². The molecule has 1 saturated heterocycles. The van der Waals surface area contributed by atoms with E-state index in [1.807, 2.05) is 35.2 Å². The van der Waals surface area contributed by atoms with Crippen LogP contribution in [0.5, 0.6) is 11.5 Å². The average molecular weight is 427 g/mol. The normalized spacial score (nSPS) is 16.1. The van der Waals surface area contributed by atoms with Gasteiger partial charge in [0.1, 0.15) is 5.76 Å². The summed E-state index contributed by atoms with van der Waals surface area (Å²) in [5, 5.41) is 6.60. The number of nitrogens with zero attached hydrogens (tertiary/aromatic N) is 2. The molecule has 3 heterocycles. The molecule has 166 valence electrons. The van der Waals surface area contributed by atoms with Gasteiger partial charge in [-0.1, -0.05) is 0 Å². The molecule has 31 heavy (non-hydrogen) atoms. The van der Waals surface area contributed by atoms with Crippen LogP contribution in [0.4, 0.5) is 5.69 Å². The molecule has 2 N–H and O–H groups in total. The number of hydrogen-bond donors (Lipinski definition) is 2. The molecule has 0 aliphatic carbocycles. The molecule has 4 rings (SSSR count). The number of furan rings is 1. The third-order valence-corrected chi connectivity index (χ3v) is 5.31. The summed E-state index contributed by atoms with van der Waals surface area (Å²) in [6, 6.07) is 9.57. The molecule has 0 unspecified atom stereocenters. The standard InChI is InChI=1S/C23H30N4O4/c28-22(27-12-1-2-13-27)9-11-25-23(24-10-8-19-5-3-14-29-19)26-18-6-7-20-21(17-18)31-16-4-15-30-20/h3,5-7,14,17H,1-2,4,8-13,15-16H2,(H2,24,25,26). The Morgan fingerprint density at radius 3 is 2.71 bits per heavy atom. The van der Waals surface area contributed by atoms with Crippen molar-refractivity contribution in [1.29, 1.82) is 0 Å². The predicted molar refractivity (Wildman–Crippen MR) is 119 cm³/mol. The van der Waals surface area contributed by atoms with Crippen LogP contribution in [0.2, 0.25) is 0 Å². The number of fused-ring (bicyclic) bond motifs is 1. The Labute approximate surface area is 182 Å². The zero-order valence-electron chi connectivity index (χ0n) is 17.8. The monoisotopic (exact) mass is 426 g/mol. The van der Waals surface area contributed by atoms with Gasteiger partial charge in [-0.3, -0.25) is 9.79 Å². The molecule has 0 radical (unpaired) electrons. The molecule has 0 spiro atoms. The number of ether oxygens (including phenoxy) is 2. The van der Waals surface area contributed by atoms with Crippen LogP contribution in [0, 0.1) is 0 Å². The van der Waals surface area contributed by atoms with Crippen LogP contribution < -0.4 is 20.1 Å². The van der Waals surface area contributed by atoms with E-state index in [4.69, 9.17) is 13.9 Å². The van der Waals surface area contributed by atoms with Crippen LogP contribution in [0.3, 0.4) is 0 Å². The number of hydrogen-bond acceptors (Lipinski definition) is 5. The summed E-state index contributed by atoms with van der Waals surface area (Å²) in [5.74, 6) is 3.18. The summed E-state index contributed by atoms with van der Waals surface area (Å²) in [7, 11) is 0. The summed E-state index contributed by atoms with van der Waals surface area (Å²) in [5.41, 5.74) is 0.847. The quantitative estimate of drug-likeness (QED) is 0.523. The zero-order chi connectivity index (χ0) is 21.3. The third-order valence-electron chi connectivity index (χ3n) is 5.31. The summed E-state index contributed by atoms with van der Waals surface area (Å²) >= 11 is 0. The van der Waals surface area contributed by atoms with E-state index in [0.29, 0.717) is 45.1 Å². The Balaban J connectivity index is 1.37. The molecule has 1 aromatic heterocycles. The molecule has 8 heteroatoms. The molecule has 2 aliphatic heterocycles. The highest BCUT2D eigenvalue weighted by atomic mass is 16.5. The lowest BCUT2D eigenvalue weighted by Gasteiger charge is -2.17. The van der Waals surface area contributed by atoms with Gasteiger partial charge in [0, 0.05) is 57.2 Å². The first-order chi connectivity index (χ1) is 15.3. The van der Waals surface area contributed by atoms with Crippen molar-refractivity contribution in [2.24, 2.45) is 4.99 Å². The summed E-state index contributed by atoms with van der Waals surface area (Å²) in [6.07, 6.45) is 5.88. The third kappa shape index (κ3) is 6.16. The minimum Gasteiger partial charge on any atom is -0.490 e. The minimum atomic E-state index is 0.190. The van der Waals surface area contributed by atoms with Gasteiger partial charge in [-0.15, -0.1) is 0 Å². The van der Waals surface area contributed by atoms with Gasteiger partial charge in [-0.2, -0.15) is 0 Å². The summed E-state index contributed by atoms with van der Waals surface area (Å²) in [4.78, 5) is 18.9. The van der Waals surface area contributed by atoms with Gasteiger partial charge in [0.25, 0.3) is 0 Å². The molecule has 1 fully saturated rings. The van der Waals surface area contributed by atoms with E-state index in [1.54, 1.807) is 6.26 Å². The number of rotatable bonds is 7. The Morgan fingerprint density at radius 1 is 1.06 bits per heavy atom. The summed E-state index contributed by atoms with van der Waals surface area (Å²) < 4.78 is 16.9. The predicted octanol–water partition coefficient (Wildman–Crippen LogP) is 3.05. The molecule has 1 amide bonds. The zero-order valence-corrected chi connectivity index (χ0v) is 17.8. The number of guanidine groups is 1. The maximum Gasteiger partial charge on any atom is 0.224 e. The van der Waals surface area contributed by atoms with Crippen LogP contribution in [-0.4, -0.2) is 56.2 Å². The molecule has 2 aliphatic rings. The van der Waals surface area contributed by atoms with Gasteiger partial charge < -0.3 is 29.4 Å². The number of carbonyl (C=O) groups excluding carboxylic acids is 1. The fourth-order valence-electron chi connectivity index (χ4n) is 3.66. The molecule has 1 aromatic carbocycles. The maximum atomic E-state index is 12.3. The first-order valence-electron chi connectivity index (χ1n) is 11.0. The van der Waals surface area contributed by atoms with Crippen LogP contribution in [-0.2, 0) is 11.2 Å². The number of anilines is 1. The Bertz CT molecular complexity index is 876. The van der Waals surface area contributed by atoms with Gasteiger partial charge in [-0.05, 0) is 37.1 Å². The van der Waals surface area contributed by atoms with E-state index in [1.165, 1.54) is 0 Å². The summed E-state index contributed by atoms with van der Waals surface area (Å²) in [6.45, 7) is 4.12. The minimum absolute atomic E-state index is 0.190. The van der Waals surface area contributed by atoms with Crippen molar-refractivity contribution < 1.29 is 18.7 Å². The average Bonchev–Trinajstić information content (AvgIpc) is 3.45. The number of likely N-dealkylation sites (tertiary alicyclic amines) is 1.